The molecule has 35 heavy (non-hydrogen) atoms. The molecule has 2 fully saturated rings. The molecule has 2 atom stereocenters. The van der Waals surface area contributed by atoms with Gasteiger partial charge in [0, 0.05) is 32.2 Å². The van der Waals surface area contributed by atoms with Gasteiger partial charge in [0.2, 0.25) is 11.8 Å². The van der Waals surface area contributed by atoms with Gasteiger partial charge in [0.15, 0.2) is 0 Å². The highest BCUT2D eigenvalue weighted by molar-refractivity contribution is 6.03. The number of hydrogen-bond acceptors (Lipinski definition) is 7. The normalized spacial score (nSPS) is 22.1. The average molecular weight is 483 g/mol. The van der Waals surface area contributed by atoms with Crippen LogP contribution in [0.4, 0.5) is 10.1 Å². The van der Waals surface area contributed by atoms with Crippen molar-refractivity contribution in [1.29, 1.82) is 0 Å². The van der Waals surface area contributed by atoms with Crippen LogP contribution in [0.5, 0.6) is 11.6 Å². The number of amides is 2. The third-order valence-electron chi connectivity index (χ3n) is 6.75. The van der Waals surface area contributed by atoms with Gasteiger partial charge in [-0.05, 0) is 31.2 Å². The molecule has 3 aliphatic heterocycles. The van der Waals surface area contributed by atoms with Crippen molar-refractivity contribution >= 4 is 17.5 Å². The Bertz CT molecular complexity index is 1170. The fraction of sp³-hybridized carbons (Fsp3) is 0.400. The van der Waals surface area contributed by atoms with Gasteiger partial charge in [-0.15, -0.1) is 0 Å². The number of nitrogens with zero attached hydrogens (tertiary/aromatic N) is 4. The van der Waals surface area contributed by atoms with Gasteiger partial charge in [0.25, 0.3) is 5.91 Å². The van der Waals surface area contributed by atoms with E-state index in [1.165, 1.54) is 24.3 Å². The smallest absolute Gasteiger partial charge is 0.261 e. The topological polar surface area (TPSA) is 95.4 Å². The first-order chi connectivity index (χ1) is 16.9. The summed E-state index contributed by atoms with van der Waals surface area (Å²) >= 11 is 0. The Hall–Kier alpha value is -3.66. The molecule has 1 N–H and O–H groups in total. The van der Waals surface area contributed by atoms with Crippen LogP contribution in [0.1, 0.15) is 17.3 Å². The van der Waals surface area contributed by atoms with Gasteiger partial charge < -0.3 is 29.3 Å². The van der Waals surface area contributed by atoms with E-state index < -0.39 is 5.82 Å². The van der Waals surface area contributed by atoms with Gasteiger partial charge in [-0.2, -0.15) is 0 Å². The summed E-state index contributed by atoms with van der Waals surface area (Å²) < 4.78 is 26.4. The van der Waals surface area contributed by atoms with Gasteiger partial charge >= 0.3 is 0 Å². The minimum Gasteiger partial charge on any atom is -0.507 e. The third kappa shape index (κ3) is 4.07. The highest BCUT2D eigenvalue weighted by atomic mass is 19.1. The van der Waals surface area contributed by atoms with Crippen molar-refractivity contribution < 1.29 is 28.6 Å². The molecule has 0 aliphatic carbocycles. The van der Waals surface area contributed by atoms with Crippen molar-refractivity contribution in [3.63, 3.8) is 0 Å². The van der Waals surface area contributed by atoms with Crippen LogP contribution in [0, 0.1) is 5.82 Å². The Labute approximate surface area is 202 Å². The molecule has 0 unspecified atom stereocenters. The van der Waals surface area contributed by atoms with E-state index in [1.54, 1.807) is 15.9 Å². The van der Waals surface area contributed by atoms with E-state index >= 15 is 0 Å². The Morgan fingerprint density at radius 1 is 1.23 bits per heavy atom. The summed E-state index contributed by atoms with van der Waals surface area (Å²) in [5.74, 6) is -1.25. The minimum atomic E-state index is -0.630. The summed E-state index contributed by atoms with van der Waals surface area (Å²) in [6.07, 6.45) is 1.26. The van der Waals surface area contributed by atoms with Crippen molar-refractivity contribution in [2.45, 2.75) is 19.0 Å². The van der Waals surface area contributed by atoms with E-state index in [1.807, 2.05) is 11.8 Å². The van der Waals surface area contributed by atoms with E-state index in [0.29, 0.717) is 50.6 Å². The maximum Gasteiger partial charge on any atom is 0.261 e. The predicted octanol–water partition coefficient (Wildman–Crippen LogP) is 2.05. The number of morpholine rings is 1. The lowest BCUT2D eigenvalue weighted by Gasteiger charge is -2.40. The molecule has 0 saturated carbocycles. The Balaban J connectivity index is 1.62. The molecule has 2 aromatic rings. The van der Waals surface area contributed by atoms with Crippen molar-refractivity contribution in [1.82, 2.24) is 14.8 Å². The highest BCUT2D eigenvalue weighted by Crippen LogP contribution is 2.40. The molecule has 10 heteroatoms. The Morgan fingerprint density at radius 3 is 2.80 bits per heavy atom. The van der Waals surface area contributed by atoms with Crippen LogP contribution < -0.4 is 9.64 Å². The molecule has 4 heterocycles. The highest BCUT2D eigenvalue weighted by Gasteiger charge is 2.40. The summed E-state index contributed by atoms with van der Waals surface area (Å²) in [5, 5.41) is 10.4. The molecule has 1 aromatic heterocycles. The zero-order chi connectivity index (χ0) is 24.7. The molecule has 3 aliphatic rings. The first-order valence-electron chi connectivity index (χ1n) is 11.6. The van der Waals surface area contributed by atoms with E-state index in [9.17, 15) is 19.1 Å². The quantitative estimate of drug-likeness (QED) is 0.669. The van der Waals surface area contributed by atoms with Gasteiger partial charge in [0.1, 0.15) is 23.7 Å². The molecular weight excluding hydrogens is 455 g/mol. The third-order valence-corrected chi connectivity index (χ3v) is 6.75. The number of fused-ring (bicyclic) bond motifs is 2. The fourth-order valence-electron chi connectivity index (χ4n) is 4.93. The second-order valence-corrected chi connectivity index (χ2v) is 8.91. The number of phenolic OH excluding ortho intramolecular Hbond substituents is 1. The van der Waals surface area contributed by atoms with Crippen molar-refractivity contribution in [3.8, 4) is 22.9 Å². The first-order valence-corrected chi connectivity index (χ1v) is 11.6. The van der Waals surface area contributed by atoms with Crippen LogP contribution in [-0.4, -0.2) is 89.8 Å². The number of carbonyl (C=O) groups excluding carboxylic acids is 2. The second kappa shape index (κ2) is 9.18. The van der Waals surface area contributed by atoms with Gasteiger partial charge in [-0.1, -0.05) is 12.6 Å². The lowest BCUT2D eigenvalue weighted by Crippen LogP contribution is -2.57. The number of ether oxygens (including phenoxy) is 2. The van der Waals surface area contributed by atoms with E-state index in [4.69, 9.17) is 9.47 Å². The molecule has 0 spiro atoms. The summed E-state index contributed by atoms with van der Waals surface area (Å²) in [5.41, 5.74) is 0.963. The summed E-state index contributed by atoms with van der Waals surface area (Å²) in [4.78, 5) is 35.9. The summed E-state index contributed by atoms with van der Waals surface area (Å²) in [6, 6.07) is 5.27. The lowest BCUT2D eigenvalue weighted by atomic mass is 10.0. The number of phenols is 1. The molecule has 184 valence electrons. The number of aromatic nitrogens is 1. The summed E-state index contributed by atoms with van der Waals surface area (Å²) in [6.45, 7) is 8.18. The number of halogens is 1. The first kappa shape index (κ1) is 23.1. The maximum atomic E-state index is 14.8. The fourth-order valence-corrected chi connectivity index (χ4v) is 4.93. The van der Waals surface area contributed by atoms with E-state index in [2.05, 4.69) is 11.6 Å². The molecule has 9 nitrogen and oxygen atoms in total. The molecule has 0 radical (unpaired) electrons. The van der Waals surface area contributed by atoms with Crippen molar-refractivity contribution in [2.75, 3.05) is 50.9 Å². The monoisotopic (exact) mass is 482 g/mol. The molecule has 1 aromatic carbocycles. The molecular formula is C25H27FN4O5. The molecule has 0 bridgehead atoms. The van der Waals surface area contributed by atoms with Crippen LogP contribution in [-0.2, 0) is 9.53 Å². The zero-order valence-corrected chi connectivity index (χ0v) is 19.4. The number of benzene rings is 1. The number of hydrogen-bond donors (Lipinski definition) is 1. The van der Waals surface area contributed by atoms with Gasteiger partial charge in [-0.25, -0.2) is 9.37 Å². The average Bonchev–Trinajstić information content (AvgIpc) is 2.99. The lowest BCUT2D eigenvalue weighted by molar-refractivity contribution is -0.128. The molecule has 2 amide bonds. The SMILES string of the molecule is C=CC(=O)N1CCN2C(=O)c3c(N4CCOC[C@@H]4C)cc(-c4c(O)cccc4F)nc3OC[C@H]2C1. The van der Waals surface area contributed by atoms with Crippen LogP contribution in [0.2, 0.25) is 0 Å². The zero-order valence-electron chi connectivity index (χ0n) is 19.4. The maximum absolute atomic E-state index is 14.8. The van der Waals surface area contributed by atoms with E-state index in [0.717, 1.165) is 0 Å². The predicted molar refractivity (Wildman–Crippen MR) is 126 cm³/mol. The van der Waals surface area contributed by atoms with Crippen molar-refractivity contribution in [3.05, 3.63) is 48.3 Å². The minimum absolute atomic E-state index is 0.0498. The molecule has 5 rings (SSSR count). The summed E-state index contributed by atoms with van der Waals surface area (Å²) in [7, 11) is 0. The molecule has 2 saturated heterocycles. The largest absolute Gasteiger partial charge is 0.507 e. The number of piperazine rings is 1. The van der Waals surface area contributed by atoms with Crippen molar-refractivity contribution in [2.24, 2.45) is 0 Å². The second-order valence-electron chi connectivity index (χ2n) is 8.91. The van der Waals surface area contributed by atoms with Gasteiger partial charge in [0.05, 0.1) is 36.2 Å². The van der Waals surface area contributed by atoms with Crippen LogP contribution in [0.25, 0.3) is 11.3 Å². The standard InChI is InChI=1S/C25H27FN4O5/c1-3-21(32)28-7-8-30-16(12-28)14-35-24-23(25(30)33)19(29-9-10-34-13-15(29)2)11-18(27-24)22-17(26)5-4-6-20(22)31/h3-6,11,15-16,31H,1,7-10,12-14H2,2H3/t15-,16+/m0/s1. The van der Waals surface area contributed by atoms with E-state index in [-0.39, 0.29) is 53.4 Å². The van der Waals surface area contributed by atoms with Crippen LogP contribution in [0.3, 0.4) is 0 Å². The Kier molecular flexibility index (Phi) is 6.06. The Morgan fingerprint density at radius 2 is 2.06 bits per heavy atom. The van der Waals surface area contributed by atoms with Gasteiger partial charge in [-0.3, -0.25) is 9.59 Å². The number of carbonyl (C=O) groups is 2. The number of rotatable bonds is 3. The van der Waals surface area contributed by atoms with Crippen LogP contribution in [0.15, 0.2) is 36.9 Å². The number of pyridine rings is 1. The van der Waals surface area contributed by atoms with Crippen LogP contribution >= 0.6 is 0 Å². The number of aromatic hydroxyl groups is 1. The number of anilines is 1.